The van der Waals surface area contributed by atoms with Crippen LogP contribution in [0.1, 0.15) is 309 Å². The van der Waals surface area contributed by atoms with Crippen LogP contribution in [0.4, 0.5) is 0 Å². The molecule has 6 heteroatoms. The van der Waals surface area contributed by atoms with E-state index in [2.05, 4.69) is 31.3 Å². The zero-order chi connectivity index (χ0) is 46.5. The third-order valence-corrected chi connectivity index (χ3v) is 13.2. The van der Waals surface area contributed by atoms with Gasteiger partial charge in [-0.1, -0.05) is 263 Å². The molecule has 3 N–H and O–H groups in total. The first kappa shape index (κ1) is 62.3. The summed E-state index contributed by atoms with van der Waals surface area (Å²) in [5.74, 6) is -0.0728. The van der Waals surface area contributed by atoms with Gasteiger partial charge in [0.05, 0.1) is 25.4 Å². The SMILES string of the molecule is CCCCCCCC/C=C\CCCCCCCC(=O)OCCCCCCCCCCCCCCCCCCCCC(=O)NC(CO)C(O)/C=C/CCCCCCCCCCCCCC. The number of nitrogens with one attached hydrogen (secondary N) is 1. The lowest BCUT2D eigenvalue weighted by Gasteiger charge is -2.20. The van der Waals surface area contributed by atoms with Crippen LogP contribution in [-0.2, 0) is 14.3 Å². The number of esters is 1. The monoisotopic (exact) mass is 902 g/mol. The van der Waals surface area contributed by atoms with Crippen molar-refractivity contribution in [3.05, 3.63) is 24.3 Å². The average Bonchev–Trinajstić information content (AvgIpc) is 3.29. The van der Waals surface area contributed by atoms with Crippen LogP contribution in [-0.4, -0.2) is 47.4 Å². The second-order valence-electron chi connectivity index (χ2n) is 19.6. The molecule has 378 valence electrons. The lowest BCUT2D eigenvalue weighted by molar-refractivity contribution is -0.143. The van der Waals surface area contributed by atoms with Gasteiger partial charge in [-0.3, -0.25) is 9.59 Å². The van der Waals surface area contributed by atoms with Crippen molar-refractivity contribution in [2.75, 3.05) is 13.2 Å². The van der Waals surface area contributed by atoms with Gasteiger partial charge in [-0.25, -0.2) is 0 Å². The summed E-state index contributed by atoms with van der Waals surface area (Å²) in [6.07, 6.45) is 64.8. The molecule has 2 unspecified atom stereocenters. The zero-order valence-electron chi connectivity index (χ0n) is 43.0. The molecule has 2 atom stereocenters. The Morgan fingerprint density at radius 1 is 0.422 bits per heavy atom. The maximum Gasteiger partial charge on any atom is 0.305 e. The third-order valence-electron chi connectivity index (χ3n) is 13.2. The highest BCUT2D eigenvalue weighted by molar-refractivity contribution is 5.76. The fraction of sp³-hybridized carbons (Fsp3) is 0.897. The largest absolute Gasteiger partial charge is 0.466 e. The van der Waals surface area contributed by atoms with E-state index >= 15 is 0 Å². The quantitative estimate of drug-likeness (QED) is 0.0321. The highest BCUT2D eigenvalue weighted by atomic mass is 16.5. The van der Waals surface area contributed by atoms with Crippen molar-refractivity contribution in [2.24, 2.45) is 0 Å². The van der Waals surface area contributed by atoms with E-state index in [0.29, 0.717) is 19.4 Å². The summed E-state index contributed by atoms with van der Waals surface area (Å²) in [4.78, 5) is 24.5. The first-order valence-electron chi connectivity index (χ1n) is 28.6. The van der Waals surface area contributed by atoms with E-state index < -0.39 is 12.1 Å². The number of hydrogen-bond donors (Lipinski definition) is 3. The van der Waals surface area contributed by atoms with Crippen LogP contribution in [0.3, 0.4) is 0 Å². The summed E-state index contributed by atoms with van der Waals surface area (Å²) in [6.45, 7) is 4.89. The predicted molar refractivity (Wildman–Crippen MR) is 278 cm³/mol. The van der Waals surface area contributed by atoms with E-state index in [1.54, 1.807) is 6.08 Å². The van der Waals surface area contributed by atoms with Crippen molar-refractivity contribution in [2.45, 2.75) is 321 Å². The van der Waals surface area contributed by atoms with Crippen LogP contribution in [0.25, 0.3) is 0 Å². The first-order valence-corrected chi connectivity index (χ1v) is 28.6. The molecule has 0 bridgehead atoms. The Kier molecular flexibility index (Phi) is 52.6. The standard InChI is InChI=1S/C58H111NO5/c1-3-5-7-9-11-13-15-17-23-28-32-36-40-44-48-52-58(63)64-53-49-45-41-37-33-29-25-22-20-19-21-24-27-31-35-39-43-47-51-57(62)59-55(54-60)56(61)50-46-42-38-34-30-26-18-16-14-12-10-8-6-4-2/h17,23,46,50,55-56,60-61H,3-16,18-22,24-45,47-49,51-54H2,1-2H3,(H,59,62)/b23-17-,50-46+. The molecule has 1 amide bonds. The predicted octanol–water partition coefficient (Wildman–Crippen LogP) is 17.5. The number of hydrogen-bond acceptors (Lipinski definition) is 5. The maximum atomic E-state index is 12.4. The zero-order valence-corrected chi connectivity index (χ0v) is 43.0. The minimum absolute atomic E-state index is 0.00138. The minimum atomic E-state index is -0.846. The molecule has 0 aromatic rings. The molecular weight excluding hydrogens is 791 g/mol. The van der Waals surface area contributed by atoms with Crippen molar-refractivity contribution in [1.82, 2.24) is 5.32 Å². The molecular formula is C58H111NO5. The molecule has 0 saturated heterocycles. The van der Waals surface area contributed by atoms with Crippen molar-refractivity contribution >= 4 is 11.9 Å². The number of carbonyl (C=O) groups is 2. The number of amides is 1. The topological polar surface area (TPSA) is 95.9 Å². The number of carbonyl (C=O) groups excluding carboxylic acids is 2. The van der Waals surface area contributed by atoms with Gasteiger partial charge in [0.25, 0.3) is 0 Å². The van der Waals surface area contributed by atoms with Crippen LogP contribution in [0.15, 0.2) is 24.3 Å². The van der Waals surface area contributed by atoms with Crippen LogP contribution in [0.2, 0.25) is 0 Å². The molecule has 0 rings (SSSR count). The van der Waals surface area contributed by atoms with E-state index in [1.807, 2.05) is 6.08 Å². The normalized spacial score (nSPS) is 12.8. The lowest BCUT2D eigenvalue weighted by Crippen LogP contribution is -2.45. The number of aliphatic hydroxyl groups is 2. The molecule has 64 heavy (non-hydrogen) atoms. The fourth-order valence-corrected chi connectivity index (χ4v) is 8.81. The van der Waals surface area contributed by atoms with Gasteiger partial charge in [0, 0.05) is 12.8 Å². The number of ether oxygens (including phenoxy) is 1. The Bertz CT molecular complexity index is 997. The number of rotatable bonds is 53. The Balaban J connectivity index is 3.43. The van der Waals surface area contributed by atoms with Gasteiger partial charge in [0.1, 0.15) is 0 Å². The van der Waals surface area contributed by atoms with Crippen molar-refractivity contribution < 1.29 is 24.5 Å². The highest BCUT2D eigenvalue weighted by Gasteiger charge is 2.18. The van der Waals surface area contributed by atoms with E-state index in [4.69, 9.17) is 4.74 Å². The highest BCUT2D eigenvalue weighted by Crippen LogP contribution is 2.17. The van der Waals surface area contributed by atoms with Gasteiger partial charge >= 0.3 is 5.97 Å². The molecule has 0 radical (unpaired) electrons. The van der Waals surface area contributed by atoms with Gasteiger partial charge in [0.15, 0.2) is 0 Å². The third kappa shape index (κ3) is 49.8. The van der Waals surface area contributed by atoms with E-state index in [0.717, 1.165) is 44.9 Å². The van der Waals surface area contributed by atoms with Crippen LogP contribution >= 0.6 is 0 Å². The summed E-state index contributed by atoms with van der Waals surface area (Å²) in [6, 6.07) is -0.630. The number of unbranched alkanes of at least 4 members (excludes halogenated alkanes) is 40. The minimum Gasteiger partial charge on any atom is -0.466 e. The molecule has 0 aliphatic heterocycles. The van der Waals surface area contributed by atoms with E-state index in [9.17, 15) is 19.8 Å². The van der Waals surface area contributed by atoms with Crippen LogP contribution < -0.4 is 5.32 Å². The summed E-state index contributed by atoms with van der Waals surface area (Å²) in [5.41, 5.74) is 0. The second kappa shape index (κ2) is 54.0. The van der Waals surface area contributed by atoms with Crippen molar-refractivity contribution in [3.63, 3.8) is 0 Å². The average molecular weight is 903 g/mol. The number of aliphatic hydroxyl groups excluding tert-OH is 2. The molecule has 0 aromatic heterocycles. The molecule has 0 saturated carbocycles. The van der Waals surface area contributed by atoms with Crippen molar-refractivity contribution in [3.8, 4) is 0 Å². The van der Waals surface area contributed by atoms with Crippen LogP contribution in [0, 0.1) is 0 Å². The Labute approximate surface area is 399 Å². The van der Waals surface area contributed by atoms with Gasteiger partial charge in [-0.05, 0) is 57.8 Å². The van der Waals surface area contributed by atoms with Gasteiger partial charge in [0.2, 0.25) is 5.91 Å². The summed E-state index contributed by atoms with van der Waals surface area (Å²) < 4.78 is 5.47. The van der Waals surface area contributed by atoms with Gasteiger partial charge in [-0.2, -0.15) is 0 Å². The molecule has 0 aliphatic rings. The van der Waals surface area contributed by atoms with Crippen LogP contribution in [0.5, 0.6) is 0 Å². The Hall–Kier alpha value is -1.66. The molecule has 0 aromatic carbocycles. The summed E-state index contributed by atoms with van der Waals surface area (Å²) in [5, 5.41) is 23.1. The maximum absolute atomic E-state index is 12.4. The lowest BCUT2D eigenvalue weighted by atomic mass is 10.0. The Morgan fingerprint density at radius 2 is 0.734 bits per heavy atom. The van der Waals surface area contributed by atoms with Gasteiger partial charge in [-0.15, -0.1) is 0 Å². The molecule has 0 heterocycles. The van der Waals surface area contributed by atoms with E-state index in [-0.39, 0.29) is 18.5 Å². The van der Waals surface area contributed by atoms with Crippen molar-refractivity contribution in [1.29, 1.82) is 0 Å². The Morgan fingerprint density at radius 3 is 1.11 bits per heavy atom. The fourth-order valence-electron chi connectivity index (χ4n) is 8.81. The molecule has 0 fully saturated rings. The van der Waals surface area contributed by atoms with E-state index in [1.165, 1.54) is 238 Å². The molecule has 6 nitrogen and oxygen atoms in total. The smallest absolute Gasteiger partial charge is 0.305 e. The summed E-state index contributed by atoms with van der Waals surface area (Å²) in [7, 11) is 0. The molecule has 0 aliphatic carbocycles. The second-order valence-corrected chi connectivity index (χ2v) is 19.6. The first-order chi connectivity index (χ1) is 31.5. The summed E-state index contributed by atoms with van der Waals surface area (Å²) >= 11 is 0. The molecule has 0 spiro atoms. The van der Waals surface area contributed by atoms with Gasteiger partial charge < -0.3 is 20.3 Å². The number of allylic oxidation sites excluding steroid dienone is 3.